The molecule has 3 atom stereocenters. The molecular formula is C19H21N. The van der Waals surface area contributed by atoms with Crippen molar-refractivity contribution in [3.05, 3.63) is 71.8 Å². The first-order valence-electron chi connectivity index (χ1n) is 7.60. The fourth-order valence-corrected chi connectivity index (χ4v) is 4.09. The topological polar surface area (TPSA) is 3.24 Å². The summed E-state index contributed by atoms with van der Waals surface area (Å²) in [6.07, 6.45) is 1.40. The molecule has 1 saturated carbocycles. The Morgan fingerprint density at radius 1 is 1.00 bits per heavy atom. The number of likely N-dealkylation sites (tertiary alicyclic amines) is 1. The van der Waals surface area contributed by atoms with Crippen molar-refractivity contribution >= 4 is 0 Å². The van der Waals surface area contributed by atoms with Crippen molar-refractivity contribution in [2.75, 3.05) is 6.54 Å². The highest BCUT2D eigenvalue weighted by atomic mass is 15.2. The molecule has 3 unspecified atom stereocenters. The summed E-state index contributed by atoms with van der Waals surface area (Å²) >= 11 is 0. The zero-order valence-corrected chi connectivity index (χ0v) is 12.0. The zero-order valence-electron chi connectivity index (χ0n) is 12.0. The van der Waals surface area contributed by atoms with Crippen LogP contribution < -0.4 is 0 Å². The van der Waals surface area contributed by atoms with E-state index in [1.807, 2.05) is 0 Å². The molecule has 0 aromatic heterocycles. The Balaban J connectivity index is 1.63. The minimum absolute atomic E-state index is 0.510. The van der Waals surface area contributed by atoms with Gasteiger partial charge in [-0.25, -0.2) is 0 Å². The van der Waals surface area contributed by atoms with E-state index in [4.69, 9.17) is 0 Å². The van der Waals surface area contributed by atoms with E-state index in [1.165, 1.54) is 24.1 Å². The van der Waals surface area contributed by atoms with Gasteiger partial charge in [-0.05, 0) is 28.9 Å². The third kappa shape index (κ3) is 1.89. The fraction of sp³-hybridized carbons (Fsp3) is 0.368. The minimum Gasteiger partial charge on any atom is -0.291 e. The fourth-order valence-electron chi connectivity index (χ4n) is 4.09. The molecule has 1 heteroatoms. The van der Waals surface area contributed by atoms with E-state index in [0.717, 1.165) is 12.5 Å². The molecule has 1 aliphatic heterocycles. The molecule has 2 fully saturated rings. The first-order chi connectivity index (χ1) is 9.77. The Kier molecular flexibility index (Phi) is 2.71. The second kappa shape index (κ2) is 4.46. The van der Waals surface area contributed by atoms with Gasteiger partial charge in [-0.3, -0.25) is 4.90 Å². The number of rotatable bonds is 3. The van der Waals surface area contributed by atoms with E-state index in [1.54, 1.807) is 0 Å². The van der Waals surface area contributed by atoms with Gasteiger partial charge in [0.2, 0.25) is 0 Å². The molecule has 1 saturated heterocycles. The van der Waals surface area contributed by atoms with Crippen molar-refractivity contribution < 1.29 is 0 Å². The molecule has 20 heavy (non-hydrogen) atoms. The third-order valence-electron chi connectivity index (χ3n) is 5.25. The second-order valence-corrected chi connectivity index (χ2v) is 6.64. The van der Waals surface area contributed by atoms with Gasteiger partial charge in [-0.2, -0.15) is 0 Å². The quantitative estimate of drug-likeness (QED) is 0.799. The average Bonchev–Trinajstić information content (AvgIpc) is 3.03. The monoisotopic (exact) mass is 263 g/mol. The van der Waals surface area contributed by atoms with E-state index in [9.17, 15) is 0 Å². The molecule has 0 N–H and O–H groups in total. The van der Waals surface area contributed by atoms with Crippen LogP contribution in [-0.2, 0) is 6.54 Å². The van der Waals surface area contributed by atoms with Crippen LogP contribution in [-0.4, -0.2) is 11.4 Å². The molecule has 0 bridgehead atoms. The lowest BCUT2D eigenvalue weighted by atomic mass is 9.91. The summed E-state index contributed by atoms with van der Waals surface area (Å²) in [7, 11) is 0. The van der Waals surface area contributed by atoms with Crippen LogP contribution in [0.2, 0.25) is 0 Å². The molecule has 1 aliphatic carbocycles. The van der Waals surface area contributed by atoms with Crippen molar-refractivity contribution in [1.29, 1.82) is 0 Å². The number of nitrogens with zero attached hydrogens (tertiary/aromatic N) is 1. The van der Waals surface area contributed by atoms with E-state index >= 15 is 0 Å². The highest BCUT2D eigenvalue weighted by Gasteiger charge is 2.62. The van der Waals surface area contributed by atoms with E-state index in [2.05, 4.69) is 72.5 Å². The van der Waals surface area contributed by atoms with Gasteiger partial charge >= 0.3 is 0 Å². The smallest absolute Gasteiger partial charge is 0.0408 e. The predicted octanol–water partition coefficient (Wildman–Crippen LogP) is 4.27. The van der Waals surface area contributed by atoms with Gasteiger partial charge in [-0.1, -0.05) is 67.6 Å². The van der Waals surface area contributed by atoms with Crippen LogP contribution in [0.1, 0.15) is 30.5 Å². The van der Waals surface area contributed by atoms with Crippen LogP contribution in [0.4, 0.5) is 0 Å². The van der Waals surface area contributed by atoms with Gasteiger partial charge in [0.05, 0.1) is 0 Å². The molecule has 1 nitrogen and oxygen atoms in total. The SMILES string of the molecule is CC12CC1CN(Cc1ccccc1)C2c1ccccc1. The molecule has 0 amide bonds. The molecule has 2 aromatic rings. The first kappa shape index (κ1) is 12.2. The van der Waals surface area contributed by atoms with Crippen molar-refractivity contribution in [2.45, 2.75) is 25.9 Å². The lowest BCUT2D eigenvalue weighted by molar-refractivity contribution is 0.183. The largest absolute Gasteiger partial charge is 0.291 e. The van der Waals surface area contributed by atoms with Crippen molar-refractivity contribution in [2.24, 2.45) is 11.3 Å². The van der Waals surface area contributed by atoms with Gasteiger partial charge in [-0.15, -0.1) is 0 Å². The summed E-state index contributed by atoms with van der Waals surface area (Å²) in [5.74, 6) is 0.899. The first-order valence-corrected chi connectivity index (χ1v) is 7.60. The van der Waals surface area contributed by atoms with Crippen LogP contribution in [0.25, 0.3) is 0 Å². The molecule has 2 aliphatic rings. The number of hydrogen-bond acceptors (Lipinski definition) is 1. The Labute approximate surface area is 121 Å². The van der Waals surface area contributed by atoms with Gasteiger partial charge in [0.25, 0.3) is 0 Å². The standard InChI is InChI=1S/C19H21N/c1-19-12-17(19)14-20(13-15-8-4-2-5-9-15)18(19)16-10-6-3-7-11-16/h2-11,17-18H,12-14H2,1H3. The molecule has 2 aromatic carbocycles. The molecule has 1 heterocycles. The van der Waals surface area contributed by atoms with Crippen LogP contribution >= 0.6 is 0 Å². The summed E-state index contributed by atoms with van der Waals surface area (Å²) in [4.78, 5) is 2.68. The predicted molar refractivity (Wildman–Crippen MR) is 82.2 cm³/mol. The van der Waals surface area contributed by atoms with Crippen LogP contribution in [0.5, 0.6) is 0 Å². The average molecular weight is 263 g/mol. The second-order valence-electron chi connectivity index (χ2n) is 6.64. The number of benzene rings is 2. The minimum atomic E-state index is 0.510. The van der Waals surface area contributed by atoms with Gasteiger partial charge in [0.1, 0.15) is 0 Å². The Hall–Kier alpha value is -1.60. The summed E-state index contributed by atoms with van der Waals surface area (Å²) < 4.78 is 0. The van der Waals surface area contributed by atoms with Gasteiger partial charge in [0, 0.05) is 19.1 Å². The summed E-state index contributed by atoms with van der Waals surface area (Å²) in [5, 5.41) is 0. The van der Waals surface area contributed by atoms with Crippen LogP contribution in [0.3, 0.4) is 0 Å². The molecule has 0 radical (unpaired) electrons. The van der Waals surface area contributed by atoms with Gasteiger partial charge in [0.15, 0.2) is 0 Å². The summed E-state index contributed by atoms with van der Waals surface area (Å²) in [6.45, 7) is 4.80. The highest BCUT2D eigenvalue weighted by Crippen LogP contribution is 2.67. The summed E-state index contributed by atoms with van der Waals surface area (Å²) in [6, 6.07) is 22.5. The molecule has 0 spiro atoms. The molecular weight excluding hydrogens is 242 g/mol. The Morgan fingerprint density at radius 3 is 2.35 bits per heavy atom. The van der Waals surface area contributed by atoms with E-state index in [0.29, 0.717) is 11.5 Å². The van der Waals surface area contributed by atoms with Crippen LogP contribution in [0, 0.1) is 11.3 Å². The zero-order chi connectivity index (χ0) is 13.6. The normalized spacial score (nSPS) is 32.0. The van der Waals surface area contributed by atoms with E-state index < -0.39 is 0 Å². The maximum Gasteiger partial charge on any atom is 0.0408 e. The maximum atomic E-state index is 2.68. The Bertz CT molecular complexity index is 592. The van der Waals surface area contributed by atoms with Crippen molar-refractivity contribution in [1.82, 2.24) is 4.90 Å². The lowest BCUT2D eigenvalue weighted by Gasteiger charge is -2.31. The third-order valence-corrected chi connectivity index (χ3v) is 5.25. The number of piperidine rings is 1. The van der Waals surface area contributed by atoms with Crippen LogP contribution in [0.15, 0.2) is 60.7 Å². The van der Waals surface area contributed by atoms with E-state index in [-0.39, 0.29) is 0 Å². The maximum absolute atomic E-state index is 2.68. The Morgan fingerprint density at radius 2 is 1.65 bits per heavy atom. The summed E-state index contributed by atoms with van der Waals surface area (Å²) in [5.41, 5.74) is 3.43. The van der Waals surface area contributed by atoms with Gasteiger partial charge < -0.3 is 0 Å². The van der Waals surface area contributed by atoms with Crippen molar-refractivity contribution in [3.63, 3.8) is 0 Å². The lowest BCUT2D eigenvalue weighted by Crippen LogP contribution is -2.28. The number of hydrogen-bond donors (Lipinski definition) is 0. The van der Waals surface area contributed by atoms with Crippen molar-refractivity contribution in [3.8, 4) is 0 Å². The molecule has 4 rings (SSSR count). The molecule has 102 valence electrons. The highest BCUT2D eigenvalue weighted by molar-refractivity contribution is 5.29. The number of fused-ring (bicyclic) bond motifs is 1.